The van der Waals surface area contributed by atoms with Crippen molar-refractivity contribution in [1.82, 2.24) is 9.78 Å². The van der Waals surface area contributed by atoms with Crippen LogP contribution < -0.4 is 0 Å². The summed E-state index contributed by atoms with van der Waals surface area (Å²) in [4.78, 5) is 0. The van der Waals surface area contributed by atoms with Gasteiger partial charge in [-0.25, -0.2) is 0 Å². The van der Waals surface area contributed by atoms with E-state index in [2.05, 4.69) is 38.9 Å². The minimum atomic E-state index is 0.507. The zero-order chi connectivity index (χ0) is 21.8. The van der Waals surface area contributed by atoms with Crippen LogP contribution in [0.1, 0.15) is 97.5 Å². The lowest BCUT2D eigenvalue weighted by molar-refractivity contribution is -0.103. The number of nitrogens with zero attached hydrogens (tertiary/aromatic N) is 3. The second-order valence-corrected chi connectivity index (χ2v) is 12.6. The summed E-state index contributed by atoms with van der Waals surface area (Å²) in [5, 5.41) is 13.6. The summed E-state index contributed by atoms with van der Waals surface area (Å²) >= 11 is 0. The first-order valence-corrected chi connectivity index (χ1v) is 13.3. The van der Waals surface area contributed by atoms with Gasteiger partial charge in [0.2, 0.25) is 0 Å². The summed E-state index contributed by atoms with van der Waals surface area (Å²) in [6, 6.07) is 2.22. The smallest absolute Gasteiger partial charge is 0.102 e. The minimum absolute atomic E-state index is 0.507. The Kier molecular flexibility index (Phi) is 5.51. The Hall–Kier alpha value is -1.30. The van der Waals surface area contributed by atoms with E-state index in [1.54, 1.807) is 6.20 Å². The Morgan fingerprint density at radius 2 is 1.77 bits per heavy atom. The molecule has 31 heavy (non-hydrogen) atoms. The average Bonchev–Trinajstić information content (AvgIpc) is 3.31. The highest BCUT2D eigenvalue weighted by atomic mass is 15.3. The zero-order valence-electron chi connectivity index (χ0n) is 20.3. The van der Waals surface area contributed by atoms with Gasteiger partial charge in [0.1, 0.15) is 6.07 Å². The van der Waals surface area contributed by atoms with Crippen molar-refractivity contribution in [3.63, 3.8) is 0 Å². The first-order chi connectivity index (χ1) is 14.8. The van der Waals surface area contributed by atoms with Gasteiger partial charge in [-0.3, -0.25) is 4.68 Å². The van der Waals surface area contributed by atoms with Crippen molar-refractivity contribution in [2.75, 3.05) is 0 Å². The van der Waals surface area contributed by atoms with Crippen LogP contribution in [0.4, 0.5) is 0 Å². The lowest BCUT2D eigenvalue weighted by Crippen LogP contribution is -2.52. The van der Waals surface area contributed by atoms with E-state index in [1.165, 1.54) is 64.2 Å². The molecule has 4 fully saturated rings. The molecule has 9 atom stereocenters. The van der Waals surface area contributed by atoms with Crippen molar-refractivity contribution in [2.24, 2.45) is 52.3 Å². The van der Waals surface area contributed by atoms with Crippen molar-refractivity contribution < 1.29 is 0 Å². The van der Waals surface area contributed by atoms with E-state index >= 15 is 0 Å². The highest BCUT2D eigenvalue weighted by Crippen LogP contribution is 2.68. The van der Waals surface area contributed by atoms with Gasteiger partial charge in [-0.15, -0.1) is 0 Å². The number of hydrogen-bond donors (Lipinski definition) is 0. The Morgan fingerprint density at radius 3 is 2.55 bits per heavy atom. The summed E-state index contributed by atoms with van der Waals surface area (Å²) < 4.78 is 2.02. The molecule has 4 aliphatic carbocycles. The Balaban J connectivity index is 1.33. The third kappa shape index (κ3) is 3.48. The van der Waals surface area contributed by atoms with Crippen LogP contribution in [0.15, 0.2) is 12.4 Å². The lowest BCUT2D eigenvalue weighted by atomic mass is 9.46. The second-order valence-electron chi connectivity index (χ2n) is 12.6. The van der Waals surface area contributed by atoms with E-state index in [0.29, 0.717) is 22.3 Å². The van der Waals surface area contributed by atoms with Crippen molar-refractivity contribution in [2.45, 2.75) is 98.4 Å². The predicted molar refractivity (Wildman–Crippen MR) is 125 cm³/mol. The van der Waals surface area contributed by atoms with Gasteiger partial charge in [0.15, 0.2) is 0 Å². The molecule has 4 aliphatic rings. The van der Waals surface area contributed by atoms with Crippen molar-refractivity contribution in [3.8, 4) is 6.07 Å². The van der Waals surface area contributed by atoms with Gasteiger partial charge in [0, 0.05) is 12.7 Å². The second kappa shape index (κ2) is 7.93. The predicted octanol–water partition coefficient (Wildman–Crippen LogP) is 7.08. The molecule has 0 spiro atoms. The number of aromatic nitrogens is 2. The van der Waals surface area contributed by atoms with Crippen LogP contribution in [0.2, 0.25) is 0 Å². The molecule has 0 radical (unpaired) electrons. The molecule has 1 aromatic rings. The van der Waals surface area contributed by atoms with E-state index in [1.807, 2.05) is 10.9 Å². The number of nitriles is 1. The van der Waals surface area contributed by atoms with Crippen LogP contribution >= 0.6 is 0 Å². The lowest BCUT2D eigenvalue weighted by Gasteiger charge is -2.59. The molecule has 1 heterocycles. The first kappa shape index (κ1) is 21.5. The highest BCUT2D eigenvalue weighted by Gasteiger charge is 2.60. The third-order valence-corrected chi connectivity index (χ3v) is 11.2. The van der Waals surface area contributed by atoms with Gasteiger partial charge in [0.25, 0.3) is 0 Å². The topological polar surface area (TPSA) is 41.6 Å². The normalized spacial score (nSPS) is 45.6. The monoisotopic (exact) mass is 421 g/mol. The SMILES string of the molecule is C[C@@H]1CCC2CC[C@@H]3C(CC[C@@]4(C)C3CC[C@@H]4[C@@H](C)Cn3cc(C#N)cn3)[C@@]2(C)CC1. The minimum Gasteiger partial charge on any atom is -0.271 e. The molecule has 0 N–H and O–H groups in total. The Labute approximate surface area is 190 Å². The Bertz CT molecular complexity index is 836. The van der Waals surface area contributed by atoms with Gasteiger partial charge < -0.3 is 0 Å². The maximum Gasteiger partial charge on any atom is 0.102 e. The van der Waals surface area contributed by atoms with E-state index in [-0.39, 0.29) is 0 Å². The molecular formula is C28H43N3. The fraction of sp³-hybridized carbons (Fsp3) is 0.857. The van der Waals surface area contributed by atoms with E-state index in [4.69, 9.17) is 5.26 Å². The van der Waals surface area contributed by atoms with Gasteiger partial charge in [-0.2, -0.15) is 10.4 Å². The summed E-state index contributed by atoms with van der Waals surface area (Å²) in [7, 11) is 0. The molecule has 0 amide bonds. The van der Waals surface area contributed by atoms with Gasteiger partial charge in [-0.1, -0.05) is 40.5 Å². The van der Waals surface area contributed by atoms with E-state index in [0.717, 1.165) is 42.1 Å². The first-order valence-electron chi connectivity index (χ1n) is 13.3. The highest BCUT2D eigenvalue weighted by molar-refractivity contribution is 5.21. The molecule has 5 rings (SSSR count). The van der Waals surface area contributed by atoms with E-state index in [9.17, 15) is 0 Å². The van der Waals surface area contributed by atoms with Crippen molar-refractivity contribution >= 4 is 0 Å². The fourth-order valence-electron chi connectivity index (χ4n) is 9.50. The molecule has 0 aromatic carbocycles. The quantitative estimate of drug-likeness (QED) is 0.523. The molecule has 0 aliphatic heterocycles. The molecule has 3 unspecified atom stereocenters. The maximum atomic E-state index is 9.13. The number of hydrogen-bond acceptors (Lipinski definition) is 2. The molecule has 3 nitrogen and oxygen atoms in total. The molecule has 4 saturated carbocycles. The van der Waals surface area contributed by atoms with Crippen LogP contribution in [0, 0.1) is 63.6 Å². The van der Waals surface area contributed by atoms with Gasteiger partial charge in [0.05, 0.1) is 11.8 Å². The summed E-state index contributed by atoms with van der Waals surface area (Å²) in [5.74, 6) is 6.25. The number of rotatable bonds is 3. The standard InChI is InChI=1S/C28H43N3/c1-19-5-6-22-7-8-23-25-10-9-24(20(2)17-31-18-21(15-29)16-30-31)28(25,4)14-12-26(23)27(22,3)13-11-19/h16,18-20,22-26H,5-14,17H2,1-4H3/t19-,20+,22?,23+,24-,25?,26?,27+,28-/m1/s1. The van der Waals surface area contributed by atoms with Gasteiger partial charge in [-0.05, 0) is 104 Å². The summed E-state index contributed by atoms with van der Waals surface area (Å²) in [6.07, 6.45) is 18.3. The van der Waals surface area contributed by atoms with Crippen LogP contribution in [0.5, 0.6) is 0 Å². The number of fused-ring (bicyclic) bond motifs is 5. The Morgan fingerprint density at radius 1 is 1.03 bits per heavy atom. The third-order valence-electron chi connectivity index (χ3n) is 11.2. The summed E-state index contributed by atoms with van der Waals surface area (Å²) in [6.45, 7) is 11.3. The van der Waals surface area contributed by atoms with E-state index < -0.39 is 0 Å². The van der Waals surface area contributed by atoms with Crippen molar-refractivity contribution in [3.05, 3.63) is 18.0 Å². The molecule has 1 aromatic heterocycles. The molecular weight excluding hydrogens is 378 g/mol. The largest absolute Gasteiger partial charge is 0.271 e. The van der Waals surface area contributed by atoms with Crippen LogP contribution in [0.25, 0.3) is 0 Å². The molecule has 3 heteroatoms. The van der Waals surface area contributed by atoms with Crippen LogP contribution in [-0.4, -0.2) is 9.78 Å². The summed E-state index contributed by atoms with van der Waals surface area (Å²) in [5.41, 5.74) is 1.81. The van der Waals surface area contributed by atoms with Crippen LogP contribution in [0.3, 0.4) is 0 Å². The fourth-order valence-corrected chi connectivity index (χ4v) is 9.50. The van der Waals surface area contributed by atoms with Gasteiger partial charge >= 0.3 is 0 Å². The average molecular weight is 422 g/mol. The van der Waals surface area contributed by atoms with Crippen molar-refractivity contribution in [1.29, 1.82) is 5.26 Å². The zero-order valence-corrected chi connectivity index (χ0v) is 20.3. The van der Waals surface area contributed by atoms with Crippen LogP contribution in [-0.2, 0) is 6.54 Å². The maximum absolute atomic E-state index is 9.13. The molecule has 0 saturated heterocycles. The molecule has 0 bridgehead atoms. The molecule has 170 valence electrons.